The first-order valence-corrected chi connectivity index (χ1v) is 7.54. The van der Waals surface area contributed by atoms with Gasteiger partial charge in [0.15, 0.2) is 0 Å². The average Bonchev–Trinajstić information content (AvgIpc) is 2.28. The Labute approximate surface area is 118 Å². The molecule has 3 heteroatoms. The van der Waals surface area contributed by atoms with Crippen LogP contribution in [0.3, 0.4) is 0 Å². The standard InChI is InChI=1S/C15H22BrNO/c1-11(2)13-10-12(16)4-5-14(13)18-15(8-9-17)6-3-7-15/h4-5,10-11H,3,6-9,17H2,1-2H3. The van der Waals surface area contributed by atoms with Crippen LogP contribution in [-0.4, -0.2) is 12.1 Å². The van der Waals surface area contributed by atoms with Crippen molar-refractivity contribution in [3.63, 3.8) is 0 Å². The van der Waals surface area contributed by atoms with Crippen LogP contribution < -0.4 is 10.5 Å². The van der Waals surface area contributed by atoms with Crippen molar-refractivity contribution in [3.8, 4) is 5.75 Å². The summed E-state index contributed by atoms with van der Waals surface area (Å²) < 4.78 is 7.44. The van der Waals surface area contributed by atoms with Crippen molar-refractivity contribution in [3.05, 3.63) is 28.2 Å². The zero-order valence-corrected chi connectivity index (χ0v) is 12.8. The van der Waals surface area contributed by atoms with E-state index in [0.717, 1.165) is 29.5 Å². The molecule has 1 aromatic rings. The molecule has 1 aromatic carbocycles. The van der Waals surface area contributed by atoms with Crippen LogP contribution in [0, 0.1) is 0 Å². The molecule has 1 aliphatic carbocycles. The number of rotatable bonds is 5. The molecular weight excluding hydrogens is 290 g/mol. The molecule has 0 bridgehead atoms. The SMILES string of the molecule is CC(C)c1cc(Br)ccc1OC1(CCN)CCC1. The van der Waals surface area contributed by atoms with Gasteiger partial charge in [0.25, 0.3) is 0 Å². The summed E-state index contributed by atoms with van der Waals surface area (Å²) in [6, 6.07) is 6.29. The van der Waals surface area contributed by atoms with Crippen LogP contribution in [0.15, 0.2) is 22.7 Å². The summed E-state index contributed by atoms with van der Waals surface area (Å²) in [5, 5.41) is 0. The highest BCUT2D eigenvalue weighted by Gasteiger charge is 2.39. The van der Waals surface area contributed by atoms with Crippen LogP contribution in [-0.2, 0) is 0 Å². The van der Waals surface area contributed by atoms with E-state index in [4.69, 9.17) is 10.5 Å². The van der Waals surface area contributed by atoms with E-state index in [1.165, 1.54) is 12.0 Å². The third-order valence-electron chi connectivity index (χ3n) is 3.79. The number of benzene rings is 1. The van der Waals surface area contributed by atoms with Crippen molar-refractivity contribution in [2.45, 2.75) is 51.0 Å². The van der Waals surface area contributed by atoms with Gasteiger partial charge in [-0.3, -0.25) is 0 Å². The fourth-order valence-corrected chi connectivity index (χ4v) is 2.91. The van der Waals surface area contributed by atoms with Crippen molar-refractivity contribution < 1.29 is 4.74 Å². The first-order valence-electron chi connectivity index (χ1n) is 6.75. The zero-order chi connectivity index (χ0) is 13.2. The highest BCUT2D eigenvalue weighted by Crippen LogP contribution is 2.41. The van der Waals surface area contributed by atoms with Crippen LogP contribution in [0.25, 0.3) is 0 Å². The number of ether oxygens (including phenoxy) is 1. The van der Waals surface area contributed by atoms with E-state index in [9.17, 15) is 0 Å². The minimum absolute atomic E-state index is 0.00617. The molecule has 2 N–H and O–H groups in total. The largest absolute Gasteiger partial charge is 0.487 e. The van der Waals surface area contributed by atoms with Crippen LogP contribution in [0.4, 0.5) is 0 Å². The Hall–Kier alpha value is -0.540. The lowest BCUT2D eigenvalue weighted by Crippen LogP contribution is -2.45. The Bertz CT molecular complexity index is 413. The van der Waals surface area contributed by atoms with E-state index in [1.54, 1.807) is 0 Å². The van der Waals surface area contributed by atoms with E-state index in [2.05, 4.69) is 48.0 Å². The first kappa shape index (κ1) is 13.9. The molecule has 0 spiro atoms. The van der Waals surface area contributed by atoms with Gasteiger partial charge in [-0.15, -0.1) is 0 Å². The Balaban J connectivity index is 2.22. The topological polar surface area (TPSA) is 35.2 Å². The molecule has 18 heavy (non-hydrogen) atoms. The zero-order valence-electron chi connectivity index (χ0n) is 11.2. The minimum Gasteiger partial charge on any atom is -0.487 e. The molecule has 0 unspecified atom stereocenters. The maximum absolute atomic E-state index is 6.32. The Morgan fingerprint density at radius 3 is 2.61 bits per heavy atom. The van der Waals surface area contributed by atoms with Gasteiger partial charge in [-0.1, -0.05) is 29.8 Å². The monoisotopic (exact) mass is 311 g/mol. The van der Waals surface area contributed by atoms with E-state index in [1.807, 2.05) is 0 Å². The van der Waals surface area contributed by atoms with Crippen molar-refractivity contribution in [2.24, 2.45) is 5.73 Å². The molecule has 0 atom stereocenters. The van der Waals surface area contributed by atoms with Crippen molar-refractivity contribution >= 4 is 15.9 Å². The van der Waals surface area contributed by atoms with Gasteiger partial charge in [0.1, 0.15) is 11.4 Å². The summed E-state index contributed by atoms with van der Waals surface area (Å²) in [7, 11) is 0. The van der Waals surface area contributed by atoms with Crippen LogP contribution >= 0.6 is 15.9 Å². The van der Waals surface area contributed by atoms with Crippen molar-refractivity contribution in [1.29, 1.82) is 0 Å². The molecule has 0 radical (unpaired) electrons. The summed E-state index contributed by atoms with van der Waals surface area (Å²) in [4.78, 5) is 0. The second-order valence-electron chi connectivity index (χ2n) is 5.51. The van der Waals surface area contributed by atoms with Crippen LogP contribution in [0.2, 0.25) is 0 Å². The third kappa shape index (κ3) is 2.89. The molecule has 100 valence electrons. The van der Waals surface area contributed by atoms with Gasteiger partial charge in [0.2, 0.25) is 0 Å². The minimum atomic E-state index is 0.00617. The van der Waals surface area contributed by atoms with Crippen LogP contribution in [0.5, 0.6) is 5.75 Å². The maximum Gasteiger partial charge on any atom is 0.123 e. The molecule has 0 saturated heterocycles. The Morgan fingerprint density at radius 2 is 2.11 bits per heavy atom. The van der Waals surface area contributed by atoms with Gasteiger partial charge in [-0.25, -0.2) is 0 Å². The first-order chi connectivity index (χ1) is 8.56. The fraction of sp³-hybridized carbons (Fsp3) is 0.600. The summed E-state index contributed by atoms with van der Waals surface area (Å²) >= 11 is 3.53. The van der Waals surface area contributed by atoms with Gasteiger partial charge in [0.05, 0.1) is 0 Å². The molecule has 0 amide bonds. The van der Waals surface area contributed by atoms with Crippen molar-refractivity contribution in [1.82, 2.24) is 0 Å². The van der Waals surface area contributed by atoms with Gasteiger partial charge in [0, 0.05) is 4.47 Å². The number of hydrogen-bond donors (Lipinski definition) is 1. The summed E-state index contributed by atoms with van der Waals surface area (Å²) in [5.41, 5.74) is 6.99. The van der Waals surface area contributed by atoms with Crippen molar-refractivity contribution in [2.75, 3.05) is 6.54 Å². The van der Waals surface area contributed by atoms with Gasteiger partial charge in [-0.05, 0) is 61.9 Å². The predicted molar refractivity (Wildman–Crippen MR) is 79.1 cm³/mol. The smallest absolute Gasteiger partial charge is 0.123 e. The second-order valence-corrected chi connectivity index (χ2v) is 6.43. The number of halogens is 1. The molecule has 1 aliphatic rings. The fourth-order valence-electron chi connectivity index (χ4n) is 2.53. The average molecular weight is 312 g/mol. The molecule has 1 fully saturated rings. The van der Waals surface area contributed by atoms with E-state index in [-0.39, 0.29) is 5.60 Å². The maximum atomic E-state index is 6.32. The second kappa shape index (κ2) is 5.62. The predicted octanol–water partition coefficient (Wildman–Crippen LogP) is 4.22. The number of hydrogen-bond acceptors (Lipinski definition) is 2. The normalized spacial score (nSPS) is 17.6. The summed E-state index contributed by atoms with van der Waals surface area (Å²) in [6.07, 6.45) is 4.49. The van der Waals surface area contributed by atoms with E-state index < -0.39 is 0 Å². The molecule has 2 rings (SSSR count). The molecule has 0 aliphatic heterocycles. The van der Waals surface area contributed by atoms with E-state index in [0.29, 0.717) is 12.5 Å². The summed E-state index contributed by atoms with van der Waals surface area (Å²) in [5.74, 6) is 1.49. The van der Waals surface area contributed by atoms with Gasteiger partial charge >= 0.3 is 0 Å². The molecule has 0 heterocycles. The van der Waals surface area contributed by atoms with Gasteiger partial charge in [-0.2, -0.15) is 0 Å². The van der Waals surface area contributed by atoms with E-state index >= 15 is 0 Å². The quantitative estimate of drug-likeness (QED) is 0.883. The van der Waals surface area contributed by atoms with Gasteiger partial charge < -0.3 is 10.5 Å². The molecule has 2 nitrogen and oxygen atoms in total. The Morgan fingerprint density at radius 1 is 1.39 bits per heavy atom. The molecule has 0 aromatic heterocycles. The van der Waals surface area contributed by atoms with Crippen LogP contribution in [0.1, 0.15) is 51.0 Å². The Kier molecular flexibility index (Phi) is 4.33. The highest BCUT2D eigenvalue weighted by atomic mass is 79.9. The highest BCUT2D eigenvalue weighted by molar-refractivity contribution is 9.10. The molecular formula is C15H22BrNO. The lowest BCUT2D eigenvalue weighted by Gasteiger charge is -2.42. The third-order valence-corrected chi connectivity index (χ3v) is 4.28. The lowest BCUT2D eigenvalue weighted by atomic mass is 9.77. The lowest BCUT2D eigenvalue weighted by molar-refractivity contribution is -0.0134. The number of nitrogens with two attached hydrogens (primary N) is 1. The molecule has 1 saturated carbocycles. The summed E-state index contributed by atoms with van der Waals surface area (Å²) in [6.45, 7) is 5.10.